The summed E-state index contributed by atoms with van der Waals surface area (Å²) in [5.74, 6) is 1.06. The van der Waals surface area contributed by atoms with Crippen molar-refractivity contribution < 1.29 is 32.2 Å². The van der Waals surface area contributed by atoms with Gasteiger partial charge in [0.1, 0.15) is 17.1 Å². The molecule has 11 nitrogen and oxygen atoms in total. The van der Waals surface area contributed by atoms with E-state index >= 15 is 0 Å². The number of para-hydroxylation sites is 1. The van der Waals surface area contributed by atoms with Gasteiger partial charge in [0.05, 0.1) is 42.7 Å². The molecule has 1 aliphatic heterocycles. The molecule has 4 saturated carbocycles. The SMILES string of the molecule is CNC(=O)c1cccc(C)c1Nc1nc(Nc2ccc(NC3C4CC5CC3CC(C(=O)N3CCOCC3)(C5)C4)cc2OC)ncc1C(F)(F)F. The Morgan fingerprint density at radius 1 is 1.04 bits per heavy atom. The number of aryl methyl sites for hydroxylation is 1. The first-order valence-electron chi connectivity index (χ1n) is 17.1. The standard InChI is InChI=1S/C36H42F3N7O4/c1-20-5-4-6-25(32(47)40-2)29(20)44-31-26(36(37,38)39)19-41-34(45-31)43-27-8-7-24(15-28(27)49-3)42-30-22-13-21-14-23(30)18-35(16-21,17-22)33(48)46-9-11-50-12-10-46/h4-8,15,19,21-23,30,42H,9-14,16-18H2,1-3H3,(H,40,47)(H2,41,43,44,45). The molecule has 5 aliphatic rings. The average molecular weight is 694 g/mol. The Bertz CT molecular complexity index is 1760. The molecule has 50 heavy (non-hydrogen) atoms. The molecular weight excluding hydrogens is 651 g/mol. The lowest BCUT2D eigenvalue weighted by Crippen LogP contribution is -2.61. The van der Waals surface area contributed by atoms with Crippen LogP contribution in [-0.2, 0) is 15.7 Å². The van der Waals surface area contributed by atoms with Gasteiger partial charge in [0.15, 0.2) is 0 Å². The number of methoxy groups -OCH3 is 1. The molecule has 266 valence electrons. The molecule has 0 spiro atoms. The van der Waals surface area contributed by atoms with Crippen LogP contribution in [0.3, 0.4) is 0 Å². The number of hydrogen-bond acceptors (Lipinski definition) is 9. The number of alkyl halides is 3. The highest BCUT2D eigenvalue weighted by molar-refractivity contribution is 6.01. The average Bonchev–Trinajstić information content (AvgIpc) is 3.10. The molecule has 3 aromatic rings. The molecule has 2 atom stereocenters. The van der Waals surface area contributed by atoms with Crippen LogP contribution in [-0.4, -0.2) is 73.2 Å². The molecular formula is C36H42F3N7O4. The van der Waals surface area contributed by atoms with E-state index in [0.29, 0.717) is 73.2 Å². The van der Waals surface area contributed by atoms with E-state index in [1.807, 2.05) is 17.0 Å². The molecule has 1 aromatic heterocycles. The van der Waals surface area contributed by atoms with E-state index in [9.17, 15) is 22.8 Å². The fourth-order valence-electron chi connectivity index (χ4n) is 8.84. The number of morpholine rings is 1. The van der Waals surface area contributed by atoms with Crippen LogP contribution < -0.4 is 26.0 Å². The Balaban J connectivity index is 1.10. The van der Waals surface area contributed by atoms with E-state index in [2.05, 4.69) is 31.2 Å². The van der Waals surface area contributed by atoms with Crippen molar-refractivity contribution in [1.29, 1.82) is 0 Å². The third-order valence-corrected chi connectivity index (χ3v) is 10.9. The Hall–Kier alpha value is -4.59. The lowest BCUT2D eigenvalue weighted by Gasteiger charge is -2.60. The minimum atomic E-state index is -4.75. The van der Waals surface area contributed by atoms with Crippen molar-refractivity contribution in [2.45, 2.75) is 51.2 Å². The number of anilines is 5. The number of nitrogens with one attached hydrogen (secondary N) is 4. The molecule has 4 N–H and O–H groups in total. The highest BCUT2D eigenvalue weighted by Gasteiger charge is 2.59. The predicted octanol–water partition coefficient (Wildman–Crippen LogP) is 6.12. The number of nitrogens with zero attached hydrogens (tertiary/aromatic N) is 3. The van der Waals surface area contributed by atoms with Crippen LogP contribution in [0.15, 0.2) is 42.6 Å². The summed E-state index contributed by atoms with van der Waals surface area (Å²) in [5.41, 5.74) is 0.921. The number of aromatic nitrogens is 2. The fourth-order valence-corrected chi connectivity index (χ4v) is 8.84. The Kier molecular flexibility index (Phi) is 8.99. The fraction of sp³-hybridized carbons (Fsp3) is 0.500. The molecule has 2 heterocycles. The maximum Gasteiger partial charge on any atom is 0.421 e. The monoisotopic (exact) mass is 693 g/mol. The molecule has 1 saturated heterocycles. The third-order valence-electron chi connectivity index (χ3n) is 10.9. The van der Waals surface area contributed by atoms with Gasteiger partial charge in [0.2, 0.25) is 11.9 Å². The number of benzene rings is 2. The van der Waals surface area contributed by atoms with E-state index in [1.54, 1.807) is 25.1 Å². The first-order chi connectivity index (χ1) is 24.0. The normalized spacial score (nSPS) is 25.6. The second kappa shape index (κ2) is 13.3. The first kappa shape index (κ1) is 33.9. The summed E-state index contributed by atoms with van der Waals surface area (Å²) in [6.07, 6.45) is 0.935. The van der Waals surface area contributed by atoms with Crippen LogP contribution >= 0.6 is 0 Å². The van der Waals surface area contributed by atoms with Gasteiger partial charge in [-0.3, -0.25) is 9.59 Å². The highest BCUT2D eigenvalue weighted by Crippen LogP contribution is 2.61. The Labute approximate surface area is 288 Å². The summed E-state index contributed by atoms with van der Waals surface area (Å²) < 4.78 is 53.4. The van der Waals surface area contributed by atoms with Crippen molar-refractivity contribution in [1.82, 2.24) is 20.2 Å². The van der Waals surface area contributed by atoms with Crippen LogP contribution in [0.1, 0.15) is 53.6 Å². The van der Waals surface area contributed by atoms with E-state index < -0.39 is 23.5 Å². The molecule has 5 fully saturated rings. The number of hydrogen-bond donors (Lipinski definition) is 4. The third kappa shape index (κ3) is 6.40. The summed E-state index contributed by atoms with van der Waals surface area (Å²) in [4.78, 5) is 36.5. The van der Waals surface area contributed by atoms with Crippen LogP contribution in [0, 0.1) is 30.1 Å². The van der Waals surface area contributed by atoms with Gasteiger partial charge in [-0.25, -0.2) is 4.98 Å². The van der Waals surface area contributed by atoms with Crippen molar-refractivity contribution in [3.05, 3.63) is 59.3 Å². The quantitative estimate of drug-likeness (QED) is 0.209. The lowest BCUT2D eigenvalue weighted by molar-refractivity contribution is -0.162. The van der Waals surface area contributed by atoms with Crippen molar-refractivity contribution >= 4 is 40.6 Å². The van der Waals surface area contributed by atoms with Crippen molar-refractivity contribution in [2.75, 3.05) is 56.4 Å². The van der Waals surface area contributed by atoms with Crippen molar-refractivity contribution in [3.8, 4) is 5.75 Å². The van der Waals surface area contributed by atoms with Gasteiger partial charge in [-0.05, 0) is 80.5 Å². The van der Waals surface area contributed by atoms with Crippen molar-refractivity contribution in [2.24, 2.45) is 23.2 Å². The molecule has 2 amide bonds. The summed E-state index contributed by atoms with van der Waals surface area (Å²) in [6.45, 7) is 4.23. The summed E-state index contributed by atoms with van der Waals surface area (Å²) in [5, 5.41) is 12.0. The van der Waals surface area contributed by atoms with E-state index in [4.69, 9.17) is 9.47 Å². The van der Waals surface area contributed by atoms with Gasteiger partial charge in [0.25, 0.3) is 5.91 Å². The van der Waals surface area contributed by atoms with E-state index in [0.717, 1.165) is 37.8 Å². The highest BCUT2D eigenvalue weighted by atomic mass is 19.4. The van der Waals surface area contributed by atoms with Crippen LogP contribution in [0.4, 0.5) is 42.0 Å². The molecule has 2 aromatic carbocycles. The number of ether oxygens (including phenoxy) is 2. The number of carbonyl (C=O) groups excluding carboxylic acids is 2. The van der Waals surface area contributed by atoms with Gasteiger partial charge in [-0.1, -0.05) is 12.1 Å². The predicted molar refractivity (Wildman–Crippen MR) is 182 cm³/mol. The Morgan fingerprint density at radius 2 is 1.78 bits per heavy atom. The molecule has 4 aliphatic carbocycles. The summed E-state index contributed by atoms with van der Waals surface area (Å²) >= 11 is 0. The minimum Gasteiger partial charge on any atom is -0.494 e. The number of halogens is 3. The largest absolute Gasteiger partial charge is 0.494 e. The van der Waals surface area contributed by atoms with Gasteiger partial charge in [-0.2, -0.15) is 18.2 Å². The molecule has 0 radical (unpaired) electrons. The zero-order valence-electron chi connectivity index (χ0n) is 28.3. The van der Waals surface area contributed by atoms with Gasteiger partial charge in [0, 0.05) is 44.1 Å². The lowest BCUT2D eigenvalue weighted by atomic mass is 9.47. The minimum absolute atomic E-state index is 0.0918. The topological polar surface area (TPSA) is 130 Å². The van der Waals surface area contributed by atoms with E-state index in [-0.39, 0.29) is 28.7 Å². The van der Waals surface area contributed by atoms with E-state index in [1.165, 1.54) is 20.2 Å². The second-order valence-electron chi connectivity index (χ2n) is 14.0. The molecule has 2 unspecified atom stereocenters. The zero-order chi connectivity index (χ0) is 35.2. The summed E-state index contributed by atoms with van der Waals surface area (Å²) in [7, 11) is 2.97. The molecule has 4 bridgehead atoms. The molecule has 14 heteroatoms. The van der Waals surface area contributed by atoms with Crippen LogP contribution in [0.25, 0.3) is 0 Å². The number of rotatable bonds is 9. The van der Waals surface area contributed by atoms with Gasteiger partial charge < -0.3 is 35.6 Å². The summed E-state index contributed by atoms with van der Waals surface area (Å²) in [6, 6.07) is 10.6. The maximum absolute atomic E-state index is 14.1. The first-order valence-corrected chi connectivity index (χ1v) is 17.1. The zero-order valence-corrected chi connectivity index (χ0v) is 28.3. The van der Waals surface area contributed by atoms with Crippen LogP contribution in [0.5, 0.6) is 5.75 Å². The van der Waals surface area contributed by atoms with Crippen molar-refractivity contribution in [3.63, 3.8) is 0 Å². The van der Waals surface area contributed by atoms with Gasteiger partial charge in [-0.15, -0.1) is 0 Å². The van der Waals surface area contributed by atoms with Crippen LogP contribution in [0.2, 0.25) is 0 Å². The Morgan fingerprint density at radius 3 is 2.46 bits per heavy atom. The molecule has 8 rings (SSSR count). The van der Waals surface area contributed by atoms with Gasteiger partial charge >= 0.3 is 6.18 Å². The maximum atomic E-state index is 14.1. The number of carbonyl (C=O) groups is 2. The smallest absolute Gasteiger partial charge is 0.421 e. The second-order valence-corrected chi connectivity index (χ2v) is 14.0. The number of amides is 2.